The lowest BCUT2D eigenvalue weighted by Gasteiger charge is -2.37. The van der Waals surface area contributed by atoms with Crippen LogP contribution in [0.1, 0.15) is 31.2 Å². The topological polar surface area (TPSA) is 49.5 Å². The maximum Gasteiger partial charge on any atom is 0.106 e. The second-order valence-corrected chi connectivity index (χ2v) is 6.41. The molecule has 1 aromatic rings. The van der Waals surface area contributed by atoms with Crippen LogP contribution in [-0.2, 0) is 0 Å². The summed E-state index contributed by atoms with van der Waals surface area (Å²) in [5.74, 6) is 0. The van der Waals surface area contributed by atoms with Crippen LogP contribution in [0.15, 0.2) is 22.7 Å². The number of halogens is 1. The lowest BCUT2D eigenvalue weighted by Crippen LogP contribution is -2.44. The Kier molecular flexibility index (Phi) is 4.81. The molecule has 3 N–H and O–H groups in total. The fourth-order valence-electron chi connectivity index (χ4n) is 2.74. The molecule has 3 nitrogen and oxygen atoms in total. The number of thiocarbonyl (C=S) groups is 1. The van der Waals surface area contributed by atoms with Gasteiger partial charge in [0.2, 0.25) is 0 Å². The molecule has 1 aliphatic rings. The lowest BCUT2D eigenvalue weighted by molar-refractivity contribution is 0.106. The molecule has 2 rings (SSSR count). The molecule has 2 atom stereocenters. The minimum absolute atomic E-state index is 0.142. The largest absolute Gasteiger partial charge is 0.391 e. The first kappa shape index (κ1) is 14.8. The van der Waals surface area contributed by atoms with Gasteiger partial charge in [0.25, 0.3) is 0 Å². The van der Waals surface area contributed by atoms with Crippen molar-refractivity contribution >= 4 is 38.8 Å². The number of aliphatic hydroxyl groups excluding tert-OH is 1. The fourth-order valence-corrected chi connectivity index (χ4v) is 3.26. The molecule has 0 bridgehead atoms. The number of benzene rings is 1. The quantitative estimate of drug-likeness (QED) is 0.829. The SMILES string of the molecule is CN(c1ccc(Br)cc1C(N)=S)C1CCCCC1O. The van der Waals surface area contributed by atoms with Crippen molar-refractivity contribution in [1.82, 2.24) is 0 Å². The molecule has 1 aliphatic carbocycles. The molecule has 2 unspecified atom stereocenters. The molecular formula is C14H19BrN2OS. The third-order valence-electron chi connectivity index (χ3n) is 3.80. The first-order valence-corrected chi connectivity index (χ1v) is 7.71. The highest BCUT2D eigenvalue weighted by atomic mass is 79.9. The lowest BCUT2D eigenvalue weighted by atomic mass is 9.91. The van der Waals surface area contributed by atoms with E-state index in [1.165, 1.54) is 0 Å². The molecule has 0 aliphatic heterocycles. The highest BCUT2D eigenvalue weighted by Crippen LogP contribution is 2.30. The highest BCUT2D eigenvalue weighted by molar-refractivity contribution is 9.10. The summed E-state index contributed by atoms with van der Waals surface area (Å²) in [4.78, 5) is 2.50. The number of rotatable bonds is 3. The van der Waals surface area contributed by atoms with E-state index in [9.17, 15) is 5.11 Å². The number of aliphatic hydroxyl groups is 1. The Morgan fingerprint density at radius 1 is 1.42 bits per heavy atom. The van der Waals surface area contributed by atoms with E-state index in [1.54, 1.807) is 0 Å². The van der Waals surface area contributed by atoms with Crippen molar-refractivity contribution in [3.8, 4) is 0 Å². The molecule has 0 radical (unpaired) electrons. The van der Waals surface area contributed by atoms with Gasteiger partial charge in [-0.3, -0.25) is 0 Å². The van der Waals surface area contributed by atoms with Crippen molar-refractivity contribution in [3.05, 3.63) is 28.2 Å². The number of hydrogen-bond donors (Lipinski definition) is 2. The summed E-state index contributed by atoms with van der Waals surface area (Å²) in [5, 5.41) is 10.2. The van der Waals surface area contributed by atoms with E-state index in [2.05, 4.69) is 20.8 Å². The number of likely N-dealkylation sites (N-methyl/N-ethyl adjacent to an activating group) is 1. The highest BCUT2D eigenvalue weighted by Gasteiger charge is 2.28. The molecule has 104 valence electrons. The van der Waals surface area contributed by atoms with Crippen LogP contribution in [0.3, 0.4) is 0 Å². The van der Waals surface area contributed by atoms with Crippen LogP contribution in [0.25, 0.3) is 0 Å². The monoisotopic (exact) mass is 342 g/mol. The van der Waals surface area contributed by atoms with E-state index in [-0.39, 0.29) is 12.1 Å². The van der Waals surface area contributed by atoms with Crippen molar-refractivity contribution < 1.29 is 5.11 Å². The number of nitrogens with two attached hydrogens (primary N) is 1. The van der Waals surface area contributed by atoms with Gasteiger partial charge in [0, 0.05) is 22.8 Å². The first-order valence-electron chi connectivity index (χ1n) is 6.51. The van der Waals surface area contributed by atoms with Crippen molar-refractivity contribution in [1.29, 1.82) is 0 Å². The summed E-state index contributed by atoms with van der Waals surface area (Å²) in [5.41, 5.74) is 7.65. The average Bonchev–Trinajstić information content (AvgIpc) is 2.38. The van der Waals surface area contributed by atoms with E-state index in [1.807, 2.05) is 25.2 Å². The number of nitrogens with zero attached hydrogens (tertiary/aromatic N) is 1. The van der Waals surface area contributed by atoms with Crippen LogP contribution in [0.4, 0.5) is 5.69 Å². The molecule has 19 heavy (non-hydrogen) atoms. The molecule has 1 fully saturated rings. The Hall–Kier alpha value is -0.650. The summed E-state index contributed by atoms with van der Waals surface area (Å²) >= 11 is 8.57. The van der Waals surface area contributed by atoms with Gasteiger partial charge in [-0.05, 0) is 31.0 Å². The van der Waals surface area contributed by atoms with Crippen molar-refractivity contribution in [2.24, 2.45) is 5.73 Å². The van der Waals surface area contributed by atoms with Gasteiger partial charge in [-0.25, -0.2) is 0 Å². The Morgan fingerprint density at radius 3 is 2.74 bits per heavy atom. The van der Waals surface area contributed by atoms with Gasteiger partial charge >= 0.3 is 0 Å². The van der Waals surface area contributed by atoms with Gasteiger partial charge in [-0.1, -0.05) is 41.0 Å². The van der Waals surface area contributed by atoms with E-state index in [4.69, 9.17) is 18.0 Å². The molecule has 1 saturated carbocycles. The fraction of sp³-hybridized carbons (Fsp3) is 0.500. The number of anilines is 1. The molecule has 0 saturated heterocycles. The van der Waals surface area contributed by atoms with Gasteiger partial charge in [-0.2, -0.15) is 0 Å². The average molecular weight is 343 g/mol. The van der Waals surface area contributed by atoms with Crippen LogP contribution in [0.5, 0.6) is 0 Å². The Labute approximate surface area is 127 Å². The van der Waals surface area contributed by atoms with Gasteiger partial charge in [-0.15, -0.1) is 0 Å². The van der Waals surface area contributed by atoms with Crippen LogP contribution < -0.4 is 10.6 Å². The van der Waals surface area contributed by atoms with E-state index < -0.39 is 0 Å². The summed E-state index contributed by atoms with van der Waals surface area (Å²) in [7, 11) is 2.00. The van der Waals surface area contributed by atoms with Crippen LogP contribution in [0, 0.1) is 0 Å². The van der Waals surface area contributed by atoms with Gasteiger partial charge in [0.15, 0.2) is 0 Å². The summed E-state index contributed by atoms with van der Waals surface area (Å²) in [6.45, 7) is 0. The third-order valence-corrected chi connectivity index (χ3v) is 4.51. The zero-order valence-corrected chi connectivity index (χ0v) is 13.4. The summed E-state index contributed by atoms with van der Waals surface area (Å²) < 4.78 is 0.955. The van der Waals surface area contributed by atoms with Crippen LogP contribution in [-0.4, -0.2) is 29.3 Å². The standard InChI is InChI=1S/C14H19BrN2OS/c1-17(12-4-2-3-5-13(12)18)11-7-6-9(15)8-10(11)14(16)19/h6-8,12-13,18H,2-5H2,1H3,(H2,16,19). The molecule has 1 aromatic carbocycles. The molecule has 5 heteroatoms. The first-order chi connectivity index (χ1) is 9.00. The normalized spacial score (nSPS) is 23.1. The van der Waals surface area contributed by atoms with Gasteiger partial charge in [0.1, 0.15) is 4.99 Å². The zero-order chi connectivity index (χ0) is 14.0. The Morgan fingerprint density at radius 2 is 2.11 bits per heavy atom. The molecule has 0 heterocycles. The number of hydrogen-bond acceptors (Lipinski definition) is 3. The van der Waals surface area contributed by atoms with E-state index in [0.29, 0.717) is 4.99 Å². The maximum atomic E-state index is 10.2. The summed E-state index contributed by atoms with van der Waals surface area (Å²) in [6, 6.07) is 6.05. The molecule has 0 amide bonds. The maximum absolute atomic E-state index is 10.2. The van der Waals surface area contributed by atoms with Crippen LogP contribution in [0.2, 0.25) is 0 Å². The van der Waals surface area contributed by atoms with E-state index in [0.717, 1.165) is 41.4 Å². The molecule has 0 aromatic heterocycles. The van der Waals surface area contributed by atoms with Crippen molar-refractivity contribution in [2.45, 2.75) is 37.8 Å². The zero-order valence-electron chi connectivity index (χ0n) is 11.0. The van der Waals surface area contributed by atoms with Gasteiger partial charge < -0.3 is 15.7 Å². The smallest absolute Gasteiger partial charge is 0.106 e. The summed E-state index contributed by atoms with van der Waals surface area (Å²) in [6.07, 6.45) is 3.86. The minimum Gasteiger partial charge on any atom is -0.391 e. The second-order valence-electron chi connectivity index (χ2n) is 5.06. The second kappa shape index (κ2) is 6.20. The minimum atomic E-state index is -0.276. The van der Waals surface area contributed by atoms with Crippen molar-refractivity contribution in [2.75, 3.05) is 11.9 Å². The predicted molar refractivity (Wildman–Crippen MR) is 86.7 cm³/mol. The molecule has 0 spiro atoms. The van der Waals surface area contributed by atoms with Crippen molar-refractivity contribution in [3.63, 3.8) is 0 Å². The van der Waals surface area contributed by atoms with Crippen LogP contribution >= 0.6 is 28.1 Å². The molecular weight excluding hydrogens is 324 g/mol. The van der Waals surface area contributed by atoms with E-state index >= 15 is 0 Å². The third kappa shape index (κ3) is 3.27. The Bertz CT molecular complexity index is 481. The van der Waals surface area contributed by atoms with Gasteiger partial charge in [0.05, 0.1) is 12.1 Å². The predicted octanol–water partition coefficient (Wildman–Crippen LogP) is 2.82. The Balaban J connectivity index is 2.32.